The largest absolute Gasteiger partial charge is 0.478 e. The van der Waals surface area contributed by atoms with Gasteiger partial charge in [-0.2, -0.15) is 0 Å². The van der Waals surface area contributed by atoms with Crippen LogP contribution in [-0.4, -0.2) is 111 Å². The summed E-state index contributed by atoms with van der Waals surface area (Å²) in [7, 11) is 44.1. The third-order valence-electron chi connectivity index (χ3n) is 3.38. The first-order valence-electron chi connectivity index (χ1n) is 7.13. The van der Waals surface area contributed by atoms with Gasteiger partial charge in [0.05, 0.1) is 10.6 Å². The Labute approximate surface area is 172 Å². The van der Waals surface area contributed by atoms with Gasteiger partial charge in [-0.15, -0.1) is 0 Å². The molecule has 0 aliphatic carbocycles. The maximum absolute atomic E-state index is 10.4. The zero-order valence-electron chi connectivity index (χ0n) is 13.4. The summed E-state index contributed by atoms with van der Waals surface area (Å²) in [6, 6.07) is 4.30. The molecule has 0 atom stereocenters. The zero-order valence-corrected chi connectivity index (χ0v) is 14.9. The minimum absolute atomic E-state index is 0.0270. The van der Waals surface area contributed by atoms with Crippen LogP contribution in [0.2, 0.25) is 10.0 Å². The third kappa shape index (κ3) is 8.60. The first-order valence-corrected chi connectivity index (χ1v) is 7.88. The minimum Gasteiger partial charge on any atom is -0.478 e. The number of carboxylic acids is 1. The van der Waals surface area contributed by atoms with E-state index in [1.807, 2.05) is 0 Å². The number of benzene rings is 1. The molecule has 1 N–H and O–H groups in total. The lowest BCUT2D eigenvalue weighted by Gasteiger charge is -2.34. The van der Waals surface area contributed by atoms with Crippen molar-refractivity contribution in [3.05, 3.63) is 33.8 Å². The van der Waals surface area contributed by atoms with Crippen LogP contribution >= 0.6 is 23.2 Å². The SMILES string of the molecule is O=C(O)c1cc(Cl)ccc1Cl.[B]B([B])B(B([B])[B])B(B([B])[B])B([B])[B]. The Morgan fingerprint density at radius 3 is 1.40 bits per heavy atom. The van der Waals surface area contributed by atoms with Crippen LogP contribution in [0.3, 0.4) is 0 Å². The summed E-state index contributed by atoms with van der Waals surface area (Å²) in [4.78, 5) is 10.4. The average Bonchev–Trinajstić information content (AvgIpc) is 2.45. The standard InChI is InChI=1S/C7H4Cl2O2.B14/c8-4-1-2-6(9)5(3-4)7(10)11;1-9(2)13(10(3)4)14(11(5)6)12(7)8/h1-3H,(H,10,11);. The third-order valence-corrected chi connectivity index (χ3v) is 3.95. The topological polar surface area (TPSA) is 37.3 Å². The average molecular weight is 342 g/mol. The molecule has 0 fully saturated rings. The summed E-state index contributed by atoms with van der Waals surface area (Å²) >= 11 is 11.1. The van der Waals surface area contributed by atoms with Gasteiger partial charge in [-0.05, 0) is 18.2 Å². The van der Waals surface area contributed by atoms with Gasteiger partial charge in [0.25, 0.3) is 0 Å². The van der Waals surface area contributed by atoms with Crippen molar-refractivity contribution in [2.45, 2.75) is 0 Å². The maximum Gasteiger partial charge on any atom is 0.337 e. The molecule has 0 heterocycles. The highest BCUT2D eigenvalue weighted by atomic mass is 35.5. The Balaban J connectivity index is 0.000000472. The molecule has 1 rings (SSSR count). The summed E-state index contributed by atoms with van der Waals surface area (Å²) in [5.41, 5.74) is 0.0270. The Kier molecular flexibility index (Phi) is 11.9. The van der Waals surface area contributed by atoms with Crippen LogP contribution in [-0.2, 0) is 0 Å². The predicted octanol–water partition coefficient (Wildman–Crippen LogP) is -2.64. The Hall–Kier alpha value is 0.179. The minimum atomic E-state index is -1.07. The summed E-state index contributed by atoms with van der Waals surface area (Å²) in [6.07, 6.45) is -4.08. The Bertz CT molecular complexity index is 522. The number of rotatable bonds is 6. The van der Waals surface area contributed by atoms with E-state index in [-0.39, 0.29) is 10.6 Å². The van der Waals surface area contributed by atoms with E-state index in [0.717, 1.165) is 0 Å². The number of halogens is 2. The van der Waals surface area contributed by atoms with Crippen LogP contribution in [0.25, 0.3) is 0 Å². The zero-order chi connectivity index (χ0) is 19.9. The van der Waals surface area contributed by atoms with Gasteiger partial charge in [-0.3, -0.25) is 0 Å². The lowest BCUT2D eigenvalue weighted by Crippen LogP contribution is -2.72. The van der Waals surface area contributed by atoms with Gasteiger partial charge in [-0.25, -0.2) is 4.79 Å². The second-order valence-electron chi connectivity index (χ2n) is 5.39. The van der Waals surface area contributed by atoms with Gasteiger partial charge >= 0.3 is 5.97 Å². The van der Waals surface area contributed by atoms with Crippen molar-refractivity contribution in [3.63, 3.8) is 0 Å². The molecule has 18 heteroatoms. The van der Waals surface area contributed by atoms with Gasteiger partial charge in [-0.1, -0.05) is 23.2 Å². The van der Waals surface area contributed by atoms with Crippen LogP contribution < -0.4 is 0 Å². The van der Waals surface area contributed by atoms with Crippen molar-refractivity contribution in [2.24, 2.45) is 0 Å². The van der Waals surface area contributed by atoms with Gasteiger partial charge in [0.15, 0.2) is 0 Å². The number of hydrogen-bond acceptors (Lipinski definition) is 1. The van der Waals surface area contributed by atoms with Crippen LogP contribution in [0.15, 0.2) is 18.2 Å². The van der Waals surface area contributed by atoms with E-state index in [9.17, 15) is 4.79 Å². The van der Waals surface area contributed by atoms with E-state index in [4.69, 9.17) is 90.2 Å². The van der Waals surface area contributed by atoms with Crippen molar-refractivity contribution in [1.82, 2.24) is 0 Å². The second kappa shape index (κ2) is 11.8. The van der Waals surface area contributed by atoms with Crippen LogP contribution in [0.4, 0.5) is 0 Å². The molecular formula is C7H4B14Cl2O2. The highest BCUT2D eigenvalue weighted by Gasteiger charge is 2.35. The fourth-order valence-electron chi connectivity index (χ4n) is 2.20. The van der Waals surface area contributed by atoms with Crippen LogP contribution in [0, 0.1) is 0 Å². The van der Waals surface area contributed by atoms with E-state index >= 15 is 0 Å². The summed E-state index contributed by atoms with van der Waals surface area (Å²) in [5.74, 6) is -1.07. The summed E-state index contributed by atoms with van der Waals surface area (Å²) in [5, 5.41) is 9.11. The first kappa shape index (κ1) is 25.2. The van der Waals surface area contributed by atoms with Crippen LogP contribution in [0.1, 0.15) is 10.4 Å². The van der Waals surface area contributed by atoms with Crippen molar-refractivity contribution in [2.75, 3.05) is 0 Å². The molecule has 25 heavy (non-hydrogen) atoms. The van der Waals surface area contributed by atoms with Gasteiger partial charge < -0.3 is 5.11 Å². The van der Waals surface area contributed by atoms with Gasteiger partial charge in [0.1, 0.15) is 0 Å². The van der Waals surface area contributed by atoms with Crippen molar-refractivity contribution in [3.8, 4) is 0 Å². The number of aromatic carboxylic acids is 1. The van der Waals surface area contributed by atoms with E-state index in [2.05, 4.69) is 0 Å². The number of carboxylic acid groups (broad SMARTS) is 1. The van der Waals surface area contributed by atoms with Gasteiger partial charge in [0, 0.05) is 105 Å². The van der Waals surface area contributed by atoms with Crippen LogP contribution in [0.5, 0.6) is 0 Å². The van der Waals surface area contributed by atoms with Gasteiger partial charge in [0.2, 0.25) is 0 Å². The molecule has 1 aromatic carbocycles. The van der Waals surface area contributed by atoms with Crippen molar-refractivity contribution >= 4 is 129 Å². The molecule has 0 aromatic heterocycles. The lowest BCUT2D eigenvalue weighted by molar-refractivity contribution is 0.0697. The molecular weight excluding hydrogens is 338 g/mol. The number of carbonyl (C=O) groups is 1. The van der Waals surface area contributed by atoms with E-state index in [0.29, 0.717) is 5.02 Å². The lowest BCUT2D eigenvalue weighted by atomic mass is 8.47. The van der Waals surface area contributed by atoms with E-state index in [1.54, 1.807) is 0 Å². The quantitative estimate of drug-likeness (QED) is 0.574. The van der Waals surface area contributed by atoms with Crippen molar-refractivity contribution < 1.29 is 9.90 Å². The normalized spacial score (nSPS) is 9.20. The molecule has 0 unspecified atom stereocenters. The molecule has 2 nitrogen and oxygen atoms in total. The highest BCUT2D eigenvalue weighted by molar-refractivity contribution is 8.10. The smallest absolute Gasteiger partial charge is 0.337 e. The van der Waals surface area contributed by atoms with E-state index < -0.39 is 44.3 Å². The highest BCUT2D eigenvalue weighted by Crippen LogP contribution is 2.20. The Morgan fingerprint density at radius 1 is 0.800 bits per heavy atom. The molecule has 0 saturated heterocycles. The second-order valence-corrected chi connectivity index (χ2v) is 6.24. The monoisotopic (exact) mass is 344 g/mol. The van der Waals surface area contributed by atoms with E-state index in [1.165, 1.54) is 18.2 Å². The molecule has 0 aliphatic heterocycles. The Morgan fingerprint density at radius 2 is 1.16 bits per heavy atom. The maximum atomic E-state index is 10.4. The summed E-state index contributed by atoms with van der Waals surface area (Å²) < 4.78 is 0. The van der Waals surface area contributed by atoms with Crippen molar-refractivity contribution in [1.29, 1.82) is 0 Å². The first-order chi connectivity index (χ1) is 11.4. The molecule has 1 aromatic rings. The predicted molar refractivity (Wildman–Crippen MR) is 124 cm³/mol. The molecule has 0 amide bonds. The fourth-order valence-corrected chi connectivity index (χ4v) is 2.57. The number of hydrogen-bond donors (Lipinski definition) is 1. The molecule has 0 aliphatic rings. The molecule has 0 saturated carbocycles. The molecule has 16 radical (unpaired) electrons. The fraction of sp³-hybridized carbons (Fsp3) is 0. The molecule has 0 bridgehead atoms. The molecule has 0 spiro atoms. The molecule has 100 valence electrons. The summed E-state index contributed by atoms with van der Waals surface area (Å²) in [6.45, 7) is 0.